The third-order valence-corrected chi connectivity index (χ3v) is 3.04. The number of amides is 1. The van der Waals surface area contributed by atoms with E-state index < -0.39 is 23.3 Å². The first-order valence-corrected chi connectivity index (χ1v) is 6.18. The molecular weight excluding hydrogens is 260 g/mol. The Balaban J connectivity index is 2.38. The zero-order chi connectivity index (χ0) is 14.7. The van der Waals surface area contributed by atoms with Crippen molar-refractivity contribution in [2.24, 2.45) is 0 Å². The third-order valence-electron chi connectivity index (χ3n) is 3.04. The Kier molecular flexibility index (Phi) is 3.84. The standard InChI is InChI=1S/C14H14N2O4/c1-2-10(14(19)20)16-13(18)9-7-15-11-6-4-3-5-8(11)12(9)17/h3-7,10H,2H2,1H3,(H,15,17)(H,16,18)(H,19,20)/t10-/m0/s1. The molecule has 0 aliphatic carbocycles. The Morgan fingerprint density at radius 2 is 2.05 bits per heavy atom. The van der Waals surface area contributed by atoms with Crippen molar-refractivity contribution in [1.82, 2.24) is 10.3 Å². The van der Waals surface area contributed by atoms with Gasteiger partial charge in [-0.05, 0) is 18.6 Å². The van der Waals surface area contributed by atoms with Crippen LogP contribution in [0.4, 0.5) is 0 Å². The lowest BCUT2D eigenvalue weighted by molar-refractivity contribution is -0.139. The van der Waals surface area contributed by atoms with Crippen molar-refractivity contribution >= 4 is 22.8 Å². The smallest absolute Gasteiger partial charge is 0.326 e. The van der Waals surface area contributed by atoms with E-state index in [-0.39, 0.29) is 12.0 Å². The number of aromatic nitrogens is 1. The molecular formula is C14H14N2O4. The van der Waals surface area contributed by atoms with Gasteiger partial charge in [0.2, 0.25) is 5.43 Å². The van der Waals surface area contributed by atoms with Gasteiger partial charge in [-0.2, -0.15) is 0 Å². The van der Waals surface area contributed by atoms with Crippen LogP contribution in [-0.2, 0) is 4.79 Å². The first-order valence-electron chi connectivity index (χ1n) is 6.18. The minimum absolute atomic E-state index is 0.0941. The second kappa shape index (κ2) is 5.56. The monoisotopic (exact) mass is 274 g/mol. The van der Waals surface area contributed by atoms with Gasteiger partial charge in [0.05, 0.1) is 0 Å². The molecule has 0 spiro atoms. The Morgan fingerprint density at radius 3 is 2.70 bits per heavy atom. The number of rotatable bonds is 4. The number of aromatic amines is 1. The molecule has 0 unspecified atom stereocenters. The average Bonchev–Trinajstić information content (AvgIpc) is 2.44. The Morgan fingerprint density at radius 1 is 1.35 bits per heavy atom. The molecule has 104 valence electrons. The van der Waals surface area contributed by atoms with Crippen molar-refractivity contribution in [3.05, 3.63) is 46.2 Å². The van der Waals surface area contributed by atoms with Crippen LogP contribution in [0.3, 0.4) is 0 Å². The second-order valence-corrected chi connectivity index (χ2v) is 4.35. The highest BCUT2D eigenvalue weighted by Crippen LogP contribution is 2.07. The summed E-state index contributed by atoms with van der Waals surface area (Å²) >= 11 is 0. The molecule has 2 rings (SSSR count). The highest BCUT2D eigenvalue weighted by molar-refractivity contribution is 5.98. The molecule has 0 bridgehead atoms. The van der Waals surface area contributed by atoms with Crippen molar-refractivity contribution in [2.45, 2.75) is 19.4 Å². The number of H-pyrrole nitrogens is 1. The second-order valence-electron chi connectivity index (χ2n) is 4.35. The van der Waals surface area contributed by atoms with Gasteiger partial charge in [0.15, 0.2) is 0 Å². The van der Waals surface area contributed by atoms with Crippen LogP contribution >= 0.6 is 0 Å². The molecule has 1 aromatic carbocycles. The molecule has 0 aliphatic rings. The van der Waals surface area contributed by atoms with Crippen LogP contribution in [0.5, 0.6) is 0 Å². The fourth-order valence-electron chi connectivity index (χ4n) is 1.91. The fourth-order valence-corrected chi connectivity index (χ4v) is 1.91. The van der Waals surface area contributed by atoms with Crippen LogP contribution in [0, 0.1) is 0 Å². The van der Waals surface area contributed by atoms with Gasteiger partial charge in [-0.3, -0.25) is 9.59 Å². The molecule has 0 radical (unpaired) electrons. The largest absolute Gasteiger partial charge is 0.480 e. The van der Waals surface area contributed by atoms with Crippen LogP contribution in [0.15, 0.2) is 35.3 Å². The first kappa shape index (κ1) is 13.8. The number of hydrogen-bond donors (Lipinski definition) is 3. The molecule has 3 N–H and O–H groups in total. The highest BCUT2D eigenvalue weighted by Gasteiger charge is 2.20. The van der Waals surface area contributed by atoms with Gasteiger partial charge in [-0.25, -0.2) is 4.79 Å². The first-order chi connectivity index (χ1) is 9.54. The molecule has 6 heteroatoms. The number of benzene rings is 1. The van der Waals surface area contributed by atoms with Gasteiger partial charge < -0.3 is 15.4 Å². The average molecular weight is 274 g/mol. The van der Waals surface area contributed by atoms with E-state index in [2.05, 4.69) is 10.3 Å². The molecule has 1 aromatic heterocycles. The van der Waals surface area contributed by atoms with E-state index in [0.29, 0.717) is 10.9 Å². The number of aliphatic carboxylic acids is 1. The van der Waals surface area contributed by atoms with Crippen LogP contribution in [0.25, 0.3) is 10.9 Å². The van der Waals surface area contributed by atoms with Gasteiger partial charge in [0.25, 0.3) is 5.91 Å². The molecule has 1 atom stereocenters. The van der Waals surface area contributed by atoms with E-state index >= 15 is 0 Å². The van der Waals surface area contributed by atoms with Crippen molar-refractivity contribution in [3.8, 4) is 0 Å². The molecule has 0 fully saturated rings. The third kappa shape index (κ3) is 2.54. The molecule has 20 heavy (non-hydrogen) atoms. The summed E-state index contributed by atoms with van der Waals surface area (Å²) in [7, 11) is 0. The molecule has 0 aliphatic heterocycles. The van der Waals surface area contributed by atoms with Gasteiger partial charge >= 0.3 is 5.97 Å². The van der Waals surface area contributed by atoms with Gasteiger partial charge in [-0.1, -0.05) is 19.1 Å². The number of carboxylic acid groups (broad SMARTS) is 1. The van der Waals surface area contributed by atoms with E-state index in [0.717, 1.165) is 0 Å². The predicted octanol–water partition coefficient (Wildman–Crippen LogP) is 1.12. The summed E-state index contributed by atoms with van der Waals surface area (Å²) in [6.45, 7) is 1.64. The lowest BCUT2D eigenvalue weighted by Gasteiger charge is -2.12. The van der Waals surface area contributed by atoms with Crippen LogP contribution in [-0.4, -0.2) is 28.0 Å². The van der Waals surface area contributed by atoms with Crippen molar-refractivity contribution < 1.29 is 14.7 Å². The van der Waals surface area contributed by atoms with Crippen LogP contribution in [0.1, 0.15) is 23.7 Å². The number of hydrogen-bond acceptors (Lipinski definition) is 3. The summed E-state index contributed by atoms with van der Waals surface area (Å²) in [5.74, 6) is -1.82. The molecule has 1 heterocycles. The van der Waals surface area contributed by atoms with Gasteiger partial charge in [0.1, 0.15) is 11.6 Å². The fraction of sp³-hybridized carbons (Fsp3) is 0.214. The van der Waals surface area contributed by atoms with Crippen molar-refractivity contribution in [3.63, 3.8) is 0 Å². The minimum Gasteiger partial charge on any atom is -0.480 e. The van der Waals surface area contributed by atoms with E-state index in [1.165, 1.54) is 6.20 Å². The summed E-state index contributed by atoms with van der Waals surface area (Å²) in [4.78, 5) is 37.9. The Hall–Kier alpha value is -2.63. The SMILES string of the molecule is CC[C@H](NC(=O)c1c[nH]c2ccccc2c1=O)C(=O)O. The topological polar surface area (TPSA) is 99.3 Å². The lowest BCUT2D eigenvalue weighted by atomic mass is 10.1. The summed E-state index contributed by atoms with van der Waals surface area (Å²) in [6.07, 6.45) is 1.54. The van der Waals surface area contributed by atoms with Crippen molar-refractivity contribution in [2.75, 3.05) is 0 Å². The summed E-state index contributed by atoms with van der Waals surface area (Å²) in [5, 5.41) is 11.6. The zero-order valence-electron chi connectivity index (χ0n) is 10.8. The maximum absolute atomic E-state index is 12.2. The Bertz CT molecular complexity index is 720. The van der Waals surface area contributed by atoms with Crippen molar-refractivity contribution in [1.29, 1.82) is 0 Å². The minimum atomic E-state index is -1.13. The maximum atomic E-state index is 12.2. The molecule has 0 saturated heterocycles. The number of nitrogens with one attached hydrogen (secondary N) is 2. The number of para-hydroxylation sites is 1. The van der Waals surface area contributed by atoms with Crippen LogP contribution in [0.2, 0.25) is 0 Å². The number of carboxylic acids is 1. The summed E-state index contributed by atoms with van der Waals surface area (Å²) in [5.41, 5.74) is 0.111. The molecule has 1 amide bonds. The quantitative estimate of drug-likeness (QED) is 0.778. The number of carbonyl (C=O) groups is 2. The van der Waals surface area contributed by atoms with Gasteiger partial charge in [-0.15, -0.1) is 0 Å². The maximum Gasteiger partial charge on any atom is 0.326 e. The summed E-state index contributed by atoms with van der Waals surface area (Å²) < 4.78 is 0. The van der Waals surface area contributed by atoms with E-state index in [1.54, 1.807) is 31.2 Å². The highest BCUT2D eigenvalue weighted by atomic mass is 16.4. The van der Waals surface area contributed by atoms with Gasteiger partial charge in [0, 0.05) is 17.1 Å². The zero-order valence-corrected chi connectivity index (χ0v) is 10.8. The number of pyridine rings is 1. The summed E-state index contributed by atoms with van der Waals surface area (Å²) in [6, 6.07) is 5.80. The normalized spacial score (nSPS) is 12.1. The van der Waals surface area contributed by atoms with E-state index in [9.17, 15) is 14.4 Å². The number of fused-ring (bicyclic) bond motifs is 1. The lowest BCUT2D eigenvalue weighted by Crippen LogP contribution is -2.41. The van der Waals surface area contributed by atoms with Crippen LogP contribution < -0.4 is 10.7 Å². The van der Waals surface area contributed by atoms with E-state index in [4.69, 9.17) is 5.11 Å². The molecule has 0 saturated carbocycles. The number of carbonyl (C=O) groups excluding carboxylic acids is 1. The Labute approximate surface area is 114 Å². The molecule has 2 aromatic rings. The van der Waals surface area contributed by atoms with E-state index in [1.807, 2.05) is 0 Å². The predicted molar refractivity (Wildman–Crippen MR) is 73.7 cm³/mol. The molecule has 6 nitrogen and oxygen atoms in total.